The van der Waals surface area contributed by atoms with Crippen molar-refractivity contribution in [3.63, 3.8) is 0 Å². The molecule has 2 aromatic carbocycles. The zero-order valence-electron chi connectivity index (χ0n) is 15.7. The largest absolute Gasteiger partial charge is 0.341 e. The van der Waals surface area contributed by atoms with Gasteiger partial charge in [-0.25, -0.2) is 8.42 Å². The number of rotatable bonds is 8. The Morgan fingerprint density at radius 2 is 1.79 bits per heavy atom. The van der Waals surface area contributed by atoms with Gasteiger partial charge in [0.2, 0.25) is 15.7 Å². The van der Waals surface area contributed by atoms with E-state index >= 15 is 0 Å². The van der Waals surface area contributed by atoms with E-state index in [2.05, 4.69) is 10.2 Å². The molecule has 1 unspecified atom stereocenters. The van der Waals surface area contributed by atoms with Crippen LogP contribution in [0, 0.1) is 0 Å². The fourth-order valence-corrected chi connectivity index (χ4v) is 4.19. The van der Waals surface area contributed by atoms with Gasteiger partial charge < -0.3 is 5.32 Å². The third kappa shape index (κ3) is 5.12. The van der Waals surface area contributed by atoms with Crippen LogP contribution in [-0.4, -0.2) is 37.6 Å². The van der Waals surface area contributed by atoms with Gasteiger partial charge in [0.1, 0.15) is 0 Å². The van der Waals surface area contributed by atoms with E-state index in [4.69, 9.17) is 11.6 Å². The zero-order chi connectivity index (χ0) is 21.2. The molecule has 0 saturated heterocycles. The van der Waals surface area contributed by atoms with Crippen molar-refractivity contribution in [2.75, 3.05) is 11.9 Å². The highest BCUT2D eigenvalue weighted by Crippen LogP contribution is 2.36. The van der Waals surface area contributed by atoms with Gasteiger partial charge in [-0.15, -0.1) is 0 Å². The molecule has 1 saturated carbocycles. The normalized spacial score (nSPS) is 15.5. The van der Waals surface area contributed by atoms with Crippen LogP contribution < -0.4 is 5.32 Å². The molecule has 156 valence electrons. The third-order valence-corrected chi connectivity index (χ3v) is 6.64. The second-order valence-electron chi connectivity index (χ2n) is 6.98. The van der Waals surface area contributed by atoms with Crippen LogP contribution >= 0.6 is 11.6 Å². The Kier molecular flexibility index (Phi) is 6.55. The van der Waals surface area contributed by atoms with Gasteiger partial charge in [0.15, 0.2) is 0 Å². The molecule has 0 bridgehead atoms. The molecular formula is C20H21ClF2N2O3S. The van der Waals surface area contributed by atoms with E-state index in [1.807, 2.05) is 31.2 Å². The molecular weight excluding hydrogens is 422 g/mol. The second-order valence-corrected chi connectivity index (χ2v) is 9.30. The Bertz CT molecular complexity index is 979. The number of sulfone groups is 1. The van der Waals surface area contributed by atoms with Crippen LogP contribution in [0.15, 0.2) is 53.4 Å². The molecule has 1 aliphatic carbocycles. The van der Waals surface area contributed by atoms with Crippen LogP contribution in [0.2, 0.25) is 5.02 Å². The number of nitrogens with zero attached hydrogens (tertiary/aromatic N) is 1. The maximum Gasteiger partial charge on any atom is 0.341 e. The number of carbonyl (C=O) groups is 1. The summed E-state index contributed by atoms with van der Waals surface area (Å²) in [5.74, 6) is -3.76. The average molecular weight is 443 g/mol. The first-order valence-corrected chi connectivity index (χ1v) is 11.0. The van der Waals surface area contributed by atoms with E-state index in [1.54, 1.807) is 0 Å². The van der Waals surface area contributed by atoms with E-state index in [1.165, 1.54) is 12.1 Å². The number of alkyl halides is 2. The maximum absolute atomic E-state index is 12.6. The topological polar surface area (TPSA) is 66.5 Å². The fourth-order valence-electron chi connectivity index (χ4n) is 3.18. The lowest BCUT2D eigenvalue weighted by molar-refractivity contribution is -0.118. The van der Waals surface area contributed by atoms with Crippen molar-refractivity contribution in [3.05, 3.63) is 59.1 Å². The van der Waals surface area contributed by atoms with E-state index < -0.39 is 20.5 Å². The summed E-state index contributed by atoms with van der Waals surface area (Å²) in [6, 6.07) is 12.5. The summed E-state index contributed by atoms with van der Waals surface area (Å²) in [5.41, 5.74) is 1.28. The number of benzene rings is 2. The maximum atomic E-state index is 12.6. The van der Waals surface area contributed by atoms with Crippen LogP contribution in [0.4, 0.5) is 14.5 Å². The van der Waals surface area contributed by atoms with Crippen LogP contribution in [0.5, 0.6) is 0 Å². The first-order chi connectivity index (χ1) is 13.7. The summed E-state index contributed by atoms with van der Waals surface area (Å²) >= 11 is 6.30. The van der Waals surface area contributed by atoms with Crippen molar-refractivity contribution in [3.8, 4) is 0 Å². The number of hydrogen-bond donors (Lipinski definition) is 1. The highest BCUT2D eigenvalue weighted by atomic mass is 35.5. The molecule has 0 spiro atoms. The van der Waals surface area contributed by atoms with Gasteiger partial charge in [-0.1, -0.05) is 29.8 Å². The standard InChI is InChI=1S/C20H21ClF2N2O3S/c1-13(17-4-2-3-5-18(17)21)25(15-8-9-15)12-19(26)24-14-6-10-16(11-7-14)29(27,28)20(22)23/h2-7,10-11,13,15,20H,8-9,12H2,1H3,(H,24,26). The minimum Gasteiger partial charge on any atom is -0.325 e. The van der Waals surface area contributed by atoms with Gasteiger partial charge >= 0.3 is 5.76 Å². The number of amides is 1. The zero-order valence-corrected chi connectivity index (χ0v) is 17.3. The predicted octanol–water partition coefficient (Wildman–Crippen LogP) is 4.50. The Morgan fingerprint density at radius 3 is 2.34 bits per heavy atom. The minimum atomic E-state index is -4.66. The minimum absolute atomic E-state index is 0.0551. The molecule has 0 radical (unpaired) electrons. The van der Waals surface area contributed by atoms with E-state index in [-0.39, 0.29) is 18.5 Å². The Balaban J connectivity index is 1.68. The quantitative estimate of drug-likeness (QED) is 0.653. The Hall–Kier alpha value is -2.03. The van der Waals surface area contributed by atoms with Crippen molar-refractivity contribution in [1.82, 2.24) is 4.90 Å². The second kappa shape index (κ2) is 8.77. The molecule has 29 heavy (non-hydrogen) atoms. The number of halogens is 3. The number of hydrogen-bond acceptors (Lipinski definition) is 4. The molecule has 9 heteroatoms. The summed E-state index contributed by atoms with van der Waals surface area (Å²) < 4.78 is 48.2. The molecule has 1 fully saturated rings. The summed E-state index contributed by atoms with van der Waals surface area (Å²) in [5, 5.41) is 3.33. The molecule has 2 aromatic rings. The van der Waals surface area contributed by atoms with Crippen molar-refractivity contribution in [2.45, 2.75) is 42.5 Å². The highest BCUT2D eigenvalue weighted by molar-refractivity contribution is 7.91. The van der Waals surface area contributed by atoms with Crippen LogP contribution in [0.25, 0.3) is 0 Å². The molecule has 0 aromatic heterocycles. The molecule has 5 nitrogen and oxygen atoms in total. The lowest BCUT2D eigenvalue weighted by Crippen LogP contribution is -2.37. The summed E-state index contributed by atoms with van der Waals surface area (Å²) in [7, 11) is -4.66. The van der Waals surface area contributed by atoms with Crippen molar-refractivity contribution in [1.29, 1.82) is 0 Å². The van der Waals surface area contributed by atoms with Gasteiger partial charge in [0, 0.05) is 22.8 Å². The number of carbonyl (C=O) groups excluding carboxylic acids is 1. The molecule has 1 aliphatic rings. The van der Waals surface area contributed by atoms with Crippen LogP contribution in [0.1, 0.15) is 31.4 Å². The first-order valence-electron chi connectivity index (χ1n) is 9.12. The average Bonchev–Trinajstić information content (AvgIpc) is 3.51. The van der Waals surface area contributed by atoms with Crippen LogP contribution in [0.3, 0.4) is 0 Å². The highest BCUT2D eigenvalue weighted by Gasteiger charge is 2.34. The fraction of sp³-hybridized carbons (Fsp3) is 0.350. The number of nitrogens with one attached hydrogen (secondary N) is 1. The lowest BCUT2D eigenvalue weighted by Gasteiger charge is -2.29. The van der Waals surface area contributed by atoms with E-state index in [9.17, 15) is 22.0 Å². The first kappa shape index (κ1) is 21.7. The van der Waals surface area contributed by atoms with Crippen molar-refractivity contribution >= 4 is 33.0 Å². The summed E-state index contributed by atoms with van der Waals surface area (Å²) in [6.07, 6.45) is 2.00. The van der Waals surface area contributed by atoms with Gasteiger partial charge in [-0.05, 0) is 55.7 Å². The predicted molar refractivity (Wildman–Crippen MR) is 108 cm³/mol. The van der Waals surface area contributed by atoms with Crippen LogP contribution in [-0.2, 0) is 14.6 Å². The van der Waals surface area contributed by atoms with Crippen molar-refractivity contribution < 1.29 is 22.0 Å². The van der Waals surface area contributed by atoms with E-state index in [0.717, 1.165) is 30.5 Å². The monoisotopic (exact) mass is 442 g/mol. The number of anilines is 1. The molecule has 1 amide bonds. The molecule has 0 heterocycles. The Labute approximate surface area is 173 Å². The summed E-state index contributed by atoms with van der Waals surface area (Å²) in [6.45, 7) is 2.13. The molecule has 1 atom stereocenters. The van der Waals surface area contributed by atoms with E-state index in [0.29, 0.717) is 16.8 Å². The third-order valence-electron chi connectivity index (χ3n) is 4.90. The van der Waals surface area contributed by atoms with Gasteiger partial charge in [-0.2, -0.15) is 8.78 Å². The van der Waals surface area contributed by atoms with Gasteiger partial charge in [0.25, 0.3) is 0 Å². The smallest absolute Gasteiger partial charge is 0.325 e. The lowest BCUT2D eigenvalue weighted by atomic mass is 10.1. The molecule has 1 N–H and O–H groups in total. The SMILES string of the molecule is CC(c1ccccc1Cl)N(CC(=O)Nc1ccc(S(=O)(=O)C(F)F)cc1)C1CC1. The van der Waals surface area contributed by atoms with Gasteiger partial charge in [-0.3, -0.25) is 9.69 Å². The van der Waals surface area contributed by atoms with Gasteiger partial charge in [0.05, 0.1) is 11.4 Å². The Morgan fingerprint density at radius 1 is 1.17 bits per heavy atom. The molecule has 3 rings (SSSR count). The van der Waals surface area contributed by atoms with Crippen molar-refractivity contribution in [2.24, 2.45) is 0 Å². The summed E-state index contributed by atoms with van der Waals surface area (Å²) in [4.78, 5) is 14.1. The molecule has 0 aliphatic heterocycles.